The summed E-state index contributed by atoms with van der Waals surface area (Å²) < 4.78 is 3.25. The van der Waals surface area contributed by atoms with Crippen molar-refractivity contribution < 1.29 is 4.79 Å². The van der Waals surface area contributed by atoms with E-state index in [1.807, 2.05) is 26.0 Å². The molecule has 1 aromatic carbocycles. The Labute approximate surface area is 154 Å². The summed E-state index contributed by atoms with van der Waals surface area (Å²) in [6.45, 7) is 4.36. The molecule has 0 aliphatic rings. The van der Waals surface area contributed by atoms with Crippen LogP contribution in [0.15, 0.2) is 30.6 Å². The van der Waals surface area contributed by atoms with Crippen LogP contribution in [-0.4, -0.2) is 30.5 Å². The summed E-state index contributed by atoms with van der Waals surface area (Å²) in [5.74, 6) is 0.00470. The van der Waals surface area contributed by atoms with E-state index in [-0.39, 0.29) is 18.4 Å². The minimum atomic E-state index is -0.238. The standard InChI is InChI=1S/C16H16Cl2N6O/c1-10-5-11(2)24(21-10)8-15(25)20-16-19-9-23(22-16)7-12-3-4-13(17)14(18)6-12/h3-6,9H,7-8H2,1-2H3,(H,20,22,25). The maximum Gasteiger partial charge on any atom is 0.248 e. The first-order chi connectivity index (χ1) is 11.9. The summed E-state index contributed by atoms with van der Waals surface area (Å²) in [6, 6.07) is 7.27. The molecule has 0 aliphatic carbocycles. The Bertz CT molecular complexity index is 917. The van der Waals surface area contributed by atoms with Crippen molar-refractivity contribution in [3.63, 3.8) is 0 Å². The van der Waals surface area contributed by atoms with Crippen LogP contribution in [-0.2, 0) is 17.9 Å². The highest BCUT2D eigenvalue weighted by molar-refractivity contribution is 6.42. The van der Waals surface area contributed by atoms with Crippen LogP contribution in [0.3, 0.4) is 0 Å². The van der Waals surface area contributed by atoms with Crippen molar-refractivity contribution in [2.24, 2.45) is 0 Å². The molecule has 2 aromatic heterocycles. The van der Waals surface area contributed by atoms with E-state index >= 15 is 0 Å². The van der Waals surface area contributed by atoms with E-state index in [1.165, 1.54) is 0 Å². The van der Waals surface area contributed by atoms with Gasteiger partial charge in [0, 0.05) is 5.69 Å². The number of amides is 1. The van der Waals surface area contributed by atoms with Crippen molar-refractivity contribution in [3.05, 3.63) is 57.6 Å². The van der Waals surface area contributed by atoms with E-state index < -0.39 is 0 Å². The number of aromatic nitrogens is 5. The van der Waals surface area contributed by atoms with Gasteiger partial charge in [-0.1, -0.05) is 29.3 Å². The Balaban J connectivity index is 1.62. The van der Waals surface area contributed by atoms with Crippen molar-refractivity contribution in [2.75, 3.05) is 5.32 Å². The summed E-state index contributed by atoms with van der Waals surface area (Å²) in [7, 11) is 0. The molecule has 0 aliphatic heterocycles. The lowest BCUT2D eigenvalue weighted by Crippen LogP contribution is -2.21. The minimum Gasteiger partial charge on any atom is -0.292 e. The molecule has 1 amide bonds. The van der Waals surface area contributed by atoms with E-state index in [9.17, 15) is 4.79 Å². The van der Waals surface area contributed by atoms with E-state index in [0.29, 0.717) is 16.6 Å². The van der Waals surface area contributed by atoms with Gasteiger partial charge in [0.1, 0.15) is 12.9 Å². The van der Waals surface area contributed by atoms with E-state index in [2.05, 4.69) is 20.5 Å². The first-order valence-electron chi connectivity index (χ1n) is 7.55. The van der Waals surface area contributed by atoms with Gasteiger partial charge in [-0.05, 0) is 37.6 Å². The molecule has 3 rings (SSSR count). The molecule has 2 heterocycles. The summed E-state index contributed by atoms with van der Waals surface area (Å²) in [4.78, 5) is 16.2. The van der Waals surface area contributed by atoms with Gasteiger partial charge in [0.25, 0.3) is 0 Å². The van der Waals surface area contributed by atoms with Crippen molar-refractivity contribution >= 4 is 35.1 Å². The second kappa shape index (κ2) is 7.25. The maximum atomic E-state index is 12.1. The summed E-state index contributed by atoms with van der Waals surface area (Å²) in [5.41, 5.74) is 2.72. The molecule has 7 nitrogen and oxygen atoms in total. The van der Waals surface area contributed by atoms with Gasteiger partial charge in [0.15, 0.2) is 0 Å². The fraction of sp³-hybridized carbons (Fsp3) is 0.250. The first-order valence-corrected chi connectivity index (χ1v) is 8.30. The zero-order valence-electron chi connectivity index (χ0n) is 13.7. The monoisotopic (exact) mass is 378 g/mol. The third-order valence-corrected chi connectivity index (χ3v) is 4.25. The van der Waals surface area contributed by atoms with Gasteiger partial charge >= 0.3 is 0 Å². The molecular weight excluding hydrogens is 363 g/mol. The number of rotatable bonds is 5. The van der Waals surface area contributed by atoms with Gasteiger partial charge in [-0.25, -0.2) is 9.67 Å². The van der Waals surface area contributed by atoms with Crippen LogP contribution in [0, 0.1) is 13.8 Å². The van der Waals surface area contributed by atoms with E-state index in [4.69, 9.17) is 23.2 Å². The lowest BCUT2D eigenvalue weighted by atomic mass is 10.2. The molecule has 0 unspecified atom stereocenters. The highest BCUT2D eigenvalue weighted by Crippen LogP contribution is 2.22. The fourth-order valence-corrected chi connectivity index (χ4v) is 2.71. The zero-order chi connectivity index (χ0) is 18.0. The third kappa shape index (κ3) is 4.37. The van der Waals surface area contributed by atoms with Crippen molar-refractivity contribution in [1.82, 2.24) is 24.5 Å². The summed E-state index contributed by atoms with van der Waals surface area (Å²) in [5, 5.41) is 12.1. The third-order valence-electron chi connectivity index (χ3n) is 3.51. The van der Waals surface area contributed by atoms with E-state index in [1.54, 1.807) is 27.8 Å². The number of halogens is 2. The molecule has 9 heteroatoms. The number of benzene rings is 1. The fourth-order valence-electron chi connectivity index (χ4n) is 2.39. The number of nitrogens with zero attached hydrogens (tertiary/aromatic N) is 5. The average Bonchev–Trinajstić information content (AvgIpc) is 3.09. The Morgan fingerprint density at radius 2 is 1.96 bits per heavy atom. The smallest absolute Gasteiger partial charge is 0.248 e. The van der Waals surface area contributed by atoms with Crippen LogP contribution < -0.4 is 5.32 Å². The number of aryl methyl sites for hydroxylation is 2. The molecule has 0 radical (unpaired) electrons. The van der Waals surface area contributed by atoms with Gasteiger partial charge in [-0.15, -0.1) is 5.10 Å². The molecule has 0 atom stereocenters. The molecule has 130 valence electrons. The zero-order valence-corrected chi connectivity index (χ0v) is 15.2. The Morgan fingerprint density at radius 1 is 1.16 bits per heavy atom. The van der Waals surface area contributed by atoms with Crippen molar-refractivity contribution in [1.29, 1.82) is 0 Å². The number of hydrogen-bond donors (Lipinski definition) is 1. The predicted molar refractivity (Wildman–Crippen MR) is 95.9 cm³/mol. The Morgan fingerprint density at radius 3 is 2.64 bits per heavy atom. The van der Waals surface area contributed by atoms with Crippen LogP contribution in [0.5, 0.6) is 0 Å². The lowest BCUT2D eigenvalue weighted by molar-refractivity contribution is -0.117. The second-order valence-electron chi connectivity index (χ2n) is 5.65. The largest absolute Gasteiger partial charge is 0.292 e. The molecule has 1 N–H and O–H groups in total. The Hall–Kier alpha value is -2.38. The molecular formula is C16H16Cl2N6O. The van der Waals surface area contributed by atoms with Gasteiger partial charge in [-0.2, -0.15) is 5.10 Å². The molecule has 0 spiro atoms. The normalized spacial score (nSPS) is 10.9. The molecule has 0 saturated carbocycles. The number of anilines is 1. The van der Waals surface area contributed by atoms with Gasteiger partial charge in [0.2, 0.25) is 11.9 Å². The number of nitrogens with one attached hydrogen (secondary N) is 1. The van der Waals surface area contributed by atoms with Crippen molar-refractivity contribution in [2.45, 2.75) is 26.9 Å². The summed E-state index contributed by atoms with van der Waals surface area (Å²) in [6.07, 6.45) is 1.54. The first kappa shape index (κ1) is 17.4. The van der Waals surface area contributed by atoms with Crippen LogP contribution in [0.1, 0.15) is 17.0 Å². The minimum absolute atomic E-state index is 0.112. The molecule has 25 heavy (non-hydrogen) atoms. The van der Waals surface area contributed by atoms with Gasteiger partial charge in [-0.3, -0.25) is 14.8 Å². The number of hydrogen-bond acceptors (Lipinski definition) is 4. The molecule has 0 fully saturated rings. The van der Waals surface area contributed by atoms with E-state index in [0.717, 1.165) is 17.0 Å². The maximum absolute atomic E-state index is 12.1. The highest BCUT2D eigenvalue weighted by atomic mass is 35.5. The van der Waals surface area contributed by atoms with Crippen LogP contribution >= 0.6 is 23.2 Å². The Kier molecular flexibility index (Phi) is 5.06. The molecule has 0 bridgehead atoms. The topological polar surface area (TPSA) is 77.6 Å². The second-order valence-corrected chi connectivity index (χ2v) is 6.46. The molecule has 0 saturated heterocycles. The van der Waals surface area contributed by atoms with Crippen LogP contribution in [0.25, 0.3) is 0 Å². The van der Waals surface area contributed by atoms with Crippen molar-refractivity contribution in [3.8, 4) is 0 Å². The van der Waals surface area contributed by atoms with Crippen LogP contribution in [0.2, 0.25) is 10.0 Å². The lowest BCUT2D eigenvalue weighted by Gasteiger charge is -2.04. The number of carbonyl (C=O) groups excluding carboxylic acids is 1. The average molecular weight is 379 g/mol. The van der Waals surface area contributed by atoms with Gasteiger partial charge in [0.05, 0.1) is 22.3 Å². The molecule has 3 aromatic rings. The summed E-state index contributed by atoms with van der Waals surface area (Å²) >= 11 is 11.9. The van der Waals surface area contributed by atoms with Crippen LogP contribution in [0.4, 0.5) is 5.95 Å². The quantitative estimate of drug-likeness (QED) is 0.739. The number of carbonyl (C=O) groups is 1. The highest BCUT2D eigenvalue weighted by Gasteiger charge is 2.10. The predicted octanol–water partition coefficient (Wildman–Crippen LogP) is 3.09. The SMILES string of the molecule is Cc1cc(C)n(CC(=O)Nc2ncn(Cc3ccc(Cl)c(Cl)c3)n2)n1. The van der Waals surface area contributed by atoms with Gasteiger partial charge < -0.3 is 0 Å².